The van der Waals surface area contributed by atoms with Crippen LogP contribution in [0.4, 0.5) is 11.4 Å². The summed E-state index contributed by atoms with van der Waals surface area (Å²) >= 11 is 0. The Morgan fingerprint density at radius 3 is 2.27 bits per heavy atom. The van der Waals surface area contributed by atoms with Crippen LogP contribution < -0.4 is 10.2 Å². The molecular weight excluding hydrogens is 404 g/mol. The second-order valence-corrected chi connectivity index (χ2v) is 10.5. The first-order chi connectivity index (χ1) is 16.2. The maximum atomic E-state index is 3.97. The van der Waals surface area contributed by atoms with Crippen LogP contribution in [0.15, 0.2) is 78.9 Å². The van der Waals surface area contributed by atoms with Crippen molar-refractivity contribution in [3.05, 3.63) is 95.6 Å². The van der Waals surface area contributed by atoms with Crippen molar-refractivity contribution in [2.24, 2.45) is 0 Å². The van der Waals surface area contributed by atoms with Crippen molar-refractivity contribution in [2.45, 2.75) is 42.5 Å². The summed E-state index contributed by atoms with van der Waals surface area (Å²) in [7, 11) is 4.65. The third-order valence-corrected chi connectivity index (χ3v) is 9.16. The first-order valence-electron chi connectivity index (χ1n) is 12.3. The maximum absolute atomic E-state index is 3.97. The minimum atomic E-state index is 0.0438. The van der Waals surface area contributed by atoms with Crippen molar-refractivity contribution in [3.8, 4) is 0 Å². The van der Waals surface area contributed by atoms with E-state index in [1.807, 2.05) is 0 Å². The standard InChI is InChI=1S/C29H32N4/c1-31-18-16-28(22-12-6-8-14-24(22)30-26(28)31)29-17-19-32(2)27(29)33(20-21-10-4-3-5-11-21)25-15-9-7-13-23(25)29/h3-15,26-27,30H,16-20H2,1-2H3/t26-,27+,28+,29+/m0/s1. The highest BCUT2D eigenvalue weighted by atomic mass is 15.4. The molecule has 2 fully saturated rings. The zero-order valence-electron chi connectivity index (χ0n) is 19.5. The number of likely N-dealkylation sites (N-methyl/N-ethyl adjacent to an activating group) is 2. The number of fused-ring (bicyclic) bond motifs is 7. The van der Waals surface area contributed by atoms with Gasteiger partial charge in [-0.2, -0.15) is 0 Å². The molecule has 2 saturated heterocycles. The predicted molar refractivity (Wildman–Crippen MR) is 135 cm³/mol. The Hall–Kier alpha value is -2.82. The molecule has 4 atom stereocenters. The van der Waals surface area contributed by atoms with Crippen molar-refractivity contribution >= 4 is 11.4 Å². The largest absolute Gasteiger partial charge is 0.369 e. The van der Waals surface area contributed by atoms with Gasteiger partial charge in [0.15, 0.2) is 0 Å². The van der Waals surface area contributed by atoms with E-state index in [9.17, 15) is 0 Å². The van der Waals surface area contributed by atoms with Gasteiger partial charge in [-0.1, -0.05) is 66.7 Å². The van der Waals surface area contributed by atoms with Gasteiger partial charge < -0.3 is 10.2 Å². The zero-order chi connectivity index (χ0) is 22.2. The summed E-state index contributed by atoms with van der Waals surface area (Å²) < 4.78 is 0. The van der Waals surface area contributed by atoms with E-state index in [-0.39, 0.29) is 10.8 Å². The van der Waals surface area contributed by atoms with Gasteiger partial charge in [0.05, 0.1) is 12.3 Å². The van der Waals surface area contributed by atoms with Gasteiger partial charge in [0.2, 0.25) is 0 Å². The van der Waals surface area contributed by atoms with Crippen molar-refractivity contribution < 1.29 is 0 Å². The molecule has 0 radical (unpaired) electrons. The Bertz CT molecular complexity index is 1210. The fourth-order valence-electron chi connectivity index (χ4n) is 8.00. The van der Waals surface area contributed by atoms with Crippen molar-refractivity contribution in [2.75, 3.05) is 37.4 Å². The molecule has 0 saturated carbocycles. The third kappa shape index (κ3) is 2.33. The van der Waals surface area contributed by atoms with Gasteiger partial charge in [-0.15, -0.1) is 0 Å². The summed E-state index contributed by atoms with van der Waals surface area (Å²) in [5, 5.41) is 3.97. The van der Waals surface area contributed by atoms with Crippen LogP contribution in [0.3, 0.4) is 0 Å². The lowest BCUT2D eigenvalue weighted by atomic mass is 9.55. The third-order valence-electron chi connectivity index (χ3n) is 9.16. The summed E-state index contributed by atoms with van der Waals surface area (Å²) in [6, 6.07) is 29.4. The second-order valence-electron chi connectivity index (χ2n) is 10.5. The fourth-order valence-corrected chi connectivity index (χ4v) is 8.00. The molecule has 4 nitrogen and oxygen atoms in total. The van der Waals surface area contributed by atoms with Crippen LogP contribution in [0.25, 0.3) is 0 Å². The molecule has 4 heteroatoms. The molecule has 0 spiro atoms. The molecule has 4 aliphatic rings. The summed E-state index contributed by atoms with van der Waals surface area (Å²) in [6.45, 7) is 3.20. The van der Waals surface area contributed by atoms with Crippen LogP contribution >= 0.6 is 0 Å². The molecule has 0 aromatic heterocycles. The fraction of sp³-hybridized carbons (Fsp3) is 0.379. The molecule has 0 aliphatic carbocycles. The minimum Gasteiger partial charge on any atom is -0.369 e. The van der Waals surface area contributed by atoms with Gasteiger partial charge in [0, 0.05) is 41.8 Å². The number of hydrogen-bond acceptors (Lipinski definition) is 4. The smallest absolute Gasteiger partial charge is 0.0931 e. The van der Waals surface area contributed by atoms with Crippen LogP contribution in [-0.2, 0) is 17.4 Å². The van der Waals surface area contributed by atoms with Gasteiger partial charge in [-0.05, 0) is 55.8 Å². The molecule has 1 N–H and O–H groups in total. The van der Waals surface area contributed by atoms with Gasteiger partial charge in [0.25, 0.3) is 0 Å². The Morgan fingerprint density at radius 2 is 1.42 bits per heavy atom. The molecule has 168 valence electrons. The molecule has 0 bridgehead atoms. The van der Waals surface area contributed by atoms with E-state index in [2.05, 4.69) is 113 Å². The summed E-state index contributed by atoms with van der Waals surface area (Å²) in [4.78, 5) is 7.91. The van der Waals surface area contributed by atoms with E-state index in [1.54, 1.807) is 5.56 Å². The van der Waals surface area contributed by atoms with E-state index >= 15 is 0 Å². The van der Waals surface area contributed by atoms with Crippen LogP contribution in [0.2, 0.25) is 0 Å². The topological polar surface area (TPSA) is 21.8 Å². The van der Waals surface area contributed by atoms with Gasteiger partial charge in [-0.25, -0.2) is 0 Å². The summed E-state index contributed by atoms with van der Waals surface area (Å²) in [6.07, 6.45) is 3.05. The summed E-state index contributed by atoms with van der Waals surface area (Å²) in [5.41, 5.74) is 7.30. The second kappa shape index (κ2) is 6.85. The Morgan fingerprint density at radius 1 is 0.758 bits per heavy atom. The molecule has 4 heterocycles. The average molecular weight is 437 g/mol. The maximum Gasteiger partial charge on any atom is 0.0931 e. The quantitative estimate of drug-likeness (QED) is 0.646. The van der Waals surface area contributed by atoms with Gasteiger partial charge in [0.1, 0.15) is 0 Å². The Balaban J connectivity index is 1.48. The molecule has 7 rings (SSSR count). The molecule has 3 aromatic carbocycles. The number of hydrogen-bond donors (Lipinski definition) is 1. The monoisotopic (exact) mass is 436 g/mol. The number of benzene rings is 3. The predicted octanol–water partition coefficient (Wildman–Crippen LogP) is 4.63. The molecule has 0 amide bonds. The van der Waals surface area contributed by atoms with Gasteiger partial charge in [-0.3, -0.25) is 9.80 Å². The zero-order valence-corrected chi connectivity index (χ0v) is 19.5. The van der Waals surface area contributed by atoms with Crippen molar-refractivity contribution in [1.82, 2.24) is 9.80 Å². The first kappa shape index (κ1) is 19.6. The van der Waals surface area contributed by atoms with Crippen molar-refractivity contribution in [3.63, 3.8) is 0 Å². The molecule has 0 unspecified atom stereocenters. The van der Waals surface area contributed by atoms with Crippen molar-refractivity contribution in [1.29, 1.82) is 0 Å². The van der Waals surface area contributed by atoms with Crippen LogP contribution in [-0.4, -0.2) is 49.3 Å². The molecule has 4 aliphatic heterocycles. The summed E-state index contributed by atoms with van der Waals surface area (Å²) in [5.74, 6) is 0. The Labute approximate surface area is 196 Å². The number of anilines is 2. The number of rotatable bonds is 3. The van der Waals surface area contributed by atoms with E-state index in [0.29, 0.717) is 12.3 Å². The number of likely N-dealkylation sites (tertiary alicyclic amines) is 2. The van der Waals surface area contributed by atoms with Crippen LogP contribution in [0.5, 0.6) is 0 Å². The van der Waals surface area contributed by atoms with E-state index < -0.39 is 0 Å². The molecule has 3 aromatic rings. The normalized spacial score (nSPS) is 32.4. The van der Waals surface area contributed by atoms with Crippen LogP contribution in [0, 0.1) is 0 Å². The van der Waals surface area contributed by atoms with E-state index in [4.69, 9.17) is 0 Å². The highest BCUT2D eigenvalue weighted by Gasteiger charge is 2.72. The highest BCUT2D eigenvalue weighted by molar-refractivity contribution is 5.73. The Kier molecular flexibility index (Phi) is 4.07. The molecule has 33 heavy (non-hydrogen) atoms. The molecular formula is C29H32N4. The average Bonchev–Trinajstić information content (AvgIpc) is 3.55. The lowest BCUT2D eigenvalue weighted by molar-refractivity contribution is 0.133. The lowest BCUT2D eigenvalue weighted by Gasteiger charge is -2.49. The van der Waals surface area contributed by atoms with Gasteiger partial charge >= 0.3 is 0 Å². The lowest BCUT2D eigenvalue weighted by Crippen LogP contribution is -2.61. The highest BCUT2D eigenvalue weighted by Crippen LogP contribution is 2.67. The number of para-hydroxylation sites is 2. The van der Waals surface area contributed by atoms with E-state index in [1.165, 1.54) is 35.3 Å². The van der Waals surface area contributed by atoms with Crippen LogP contribution in [0.1, 0.15) is 29.5 Å². The van der Waals surface area contributed by atoms with E-state index in [0.717, 1.165) is 19.6 Å². The SMILES string of the molecule is CN1CC[C@@]2([C@@]34CCN(C)[C@@H]3Nc3ccccc34)c3ccccc3N(Cc3ccccc3)[C@@H]12. The first-order valence-corrected chi connectivity index (χ1v) is 12.3. The number of nitrogens with one attached hydrogen (secondary N) is 1. The minimum absolute atomic E-state index is 0.0438. The number of nitrogens with zero attached hydrogens (tertiary/aromatic N) is 3.